The Morgan fingerprint density at radius 2 is 1.85 bits per heavy atom. The maximum absolute atomic E-state index is 3.80. The van der Waals surface area contributed by atoms with Crippen molar-refractivity contribution in [3.8, 4) is 0 Å². The second-order valence-corrected chi connectivity index (χ2v) is 7.06. The zero-order valence-electron chi connectivity index (χ0n) is 14.1. The third kappa shape index (κ3) is 12.3. The van der Waals surface area contributed by atoms with Gasteiger partial charge in [0, 0.05) is 26.0 Å². The number of nitrogens with one attached hydrogen (secondary N) is 1. The quantitative estimate of drug-likeness (QED) is 0.438. The molecule has 0 aromatic carbocycles. The first kappa shape index (κ1) is 24.3. The highest BCUT2D eigenvalue weighted by atomic mass is 32.2. The van der Waals surface area contributed by atoms with Crippen LogP contribution in [0.4, 0.5) is 0 Å². The lowest BCUT2D eigenvalue weighted by Crippen LogP contribution is -2.34. The van der Waals surface area contributed by atoms with E-state index in [-0.39, 0.29) is 11.6 Å². The molecule has 0 heterocycles. The summed E-state index contributed by atoms with van der Waals surface area (Å²) in [7, 11) is 4.17. The van der Waals surface area contributed by atoms with E-state index in [0.717, 1.165) is 6.42 Å². The molecular formula is C16H36N2OS. The number of allylic oxidation sites excluding steroid dienone is 2. The number of rotatable bonds is 7. The van der Waals surface area contributed by atoms with Gasteiger partial charge in [0.1, 0.15) is 0 Å². The SMILES string of the molecule is C=C.C=C/C=C(/C(CCC)NSC(C)(C)C)N(C)C.O.[HH]. The van der Waals surface area contributed by atoms with Crippen molar-refractivity contribution in [2.24, 2.45) is 0 Å². The average Bonchev–Trinajstić information content (AvgIpc) is 2.33. The van der Waals surface area contributed by atoms with E-state index < -0.39 is 0 Å². The summed E-state index contributed by atoms with van der Waals surface area (Å²) < 4.78 is 3.82. The zero-order valence-corrected chi connectivity index (χ0v) is 14.9. The van der Waals surface area contributed by atoms with E-state index in [0.29, 0.717) is 6.04 Å². The molecular weight excluding hydrogens is 268 g/mol. The van der Waals surface area contributed by atoms with Crippen molar-refractivity contribution >= 4 is 11.9 Å². The van der Waals surface area contributed by atoms with Crippen LogP contribution >= 0.6 is 11.9 Å². The fourth-order valence-electron chi connectivity index (χ4n) is 1.50. The Morgan fingerprint density at radius 1 is 1.35 bits per heavy atom. The molecule has 0 rings (SSSR count). The van der Waals surface area contributed by atoms with Crippen molar-refractivity contribution in [3.63, 3.8) is 0 Å². The third-order valence-corrected chi connectivity index (χ3v) is 3.26. The van der Waals surface area contributed by atoms with Crippen LogP contribution in [0.1, 0.15) is 42.0 Å². The summed E-state index contributed by atoms with van der Waals surface area (Å²) in [4.78, 5) is 2.16. The predicted molar refractivity (Wildman–Crippen MR) is 98.1 cm³/mol. The van der Waals surface area contributed by atoms with E-state index in [2.05, 4.69) is 77.2 Å². The van der Waals surface area contributed by atoms with E-state index in [9.17, 15) is 0 Å². The fraction of sp³-hybridized carbons (Fsp3) is 0.625. The molecule has 0 saturated carbocycles. The number of nitrogens with zero attached hydrogens (tertiary/aromatic N) is 1. The first-order valence-electron chi connectivity index (χ1n) is 6.75. The Labute approximate surface area is 132 Å². The van der Waals surface area contributed by atoms with Crippen molar-refractivity contribution in [3.05, 3.63) is 37.6 Å². The van der Waals surface area contributed by atoms with Crippen LogP contribution < -0.4 is 4.72 Å². The van der Waals surface area contributed by atoms with Crippen molar-refractivity contribution in [2.75, 3.05) is 14.1 Å². The van der Waals surface area contributed by atoms with Crippen molar-refractivity contribution in [2.45, 2.75) is 51.3 Å². The minimum absolute atomic E-state index is 0. The minimum Gasteiger partial charge on any atom is -0.412 e. The van der Waals surface area contributed by atoms with Crippen LogP contribution in [0.2, 0.25) is 0 Å². The summed E-state index contributed by atoms with van der Waals surface area (Å²) in [6.07, 6.45) is 6.27. The lowest BCUT2D eigenvalue weighted by atomic mass is 10.1. The van der Waals surface area contributed by atoms with Gasteiger partial charge in [0.2, 0.25) is 0 Å². The van der Waals surface area contributed by atoms with E-state index >= 15 is 0 Å². The van der Waals surface area contributed by atoms with Gasteiger partial charge in [-0.05, 0) is 33.3 Å². The normalized spacial score (nSPS) is 12.6. The molecule has 20 heavy (non-hydrogen) atoms. The van der Waals surface area contributed by atoms with Gasteiger partial charge >= 0.3 is 0 Å². The summed E-state index contributed by atoms with van der Waals surface area (Å²) in [5.41, 5.74) is 1.29. The first-order chi connectivity index (χ1) is 8.81. The molecule has 0 fully saturated rings. The molecule has 122 valence electrons. The number of likely N-dealkylation sites (N-methyl/N-ethyl adjacent to an activating group) is 1. The van der Waals surface area contributed by atoms with Gasteiger partial charge in [0.05, 0.1) is 6.04 Å². The highest BCUT2D eigenvalue weighted by molar-refractivity contribution is 7.98. The largest absolute Gasteiger partial charge is 0.412 e. The fourth-order valence-corrected chi connectivity index (χ4v) is 2.24. The van der Waals surface area contributed by atoms with Gasteiger partial charge in [-0.1, -0.05) is 37.9 Å². The molecule has 1 unspecified atom stereocenters. The Hall–Kier alpha value is -0.710. The summed E-state index contributed by atoms with van der Waals surface area (Å²) >= 11 is 1.80. The second kappa shape index (κ2) is 13.3. The molecule has 0 aliphatic heterocycles. The standard InChI is InChI=1S/C14H28N2S.C2H4.H2O.H2/c1-8-10-12(15-17-14(3,4)5)13(11-9-2)16(6)7;1-2;;/h9,11-12,15H,2,8,10H2,1,3-7H3;1-2H2;1H2;1H/b13-11-;;;. The smallest absolute Gasteiger partial charge is 0.0570 e. The molecule has 0 spiro atoms. The summed E-state index contributed by atoms with van der Waals surface area (Å²) in [6, 6.07) is 0.386. The Balaban J connectivity index is -0.000000344. The Bertz CT molecular complexity index is 276. The van der Waals surface area contributed by atoms with E-state index in [4.69, 9.17) is 0 Å². The molecule has 1 atom stereocenters. The molecule has 0 aliphatic carbocycles. The highest BCUT2D eigenvalue weighted by Gasteiger charge is 2.18. The van der Waals surface area contributed by atoms with E-state index in [1.165, 1.54) is 12.1 Å². The van der Waals surface area contributed by atoms with Gasteiger partial charge in [0.25, 0.3) is 0 Å². The van der Waals surface area contributed by atoms with Gasteiger partial charge < -0.3 is 10.4 Å². The van der Waals surface area contributed by atoms with Crippen molar-refractivity contribution in [1.82, 2.24) is 9.62 Å². The second-order valence-electron chi connectivity index (χ2n) is 5.40. The number of hydrogen-bond acceptors (Lipinski definition) is 3. The summed E-state index contributed by atoms with van der Waals surface area (Å²) in [6.45, 7) is 18.7. The van der Waals surface area contributed by atoms with E-state index in [1.807, 2.05) is 6.08 Å². The van der Waals surface area contributed by atoms with Gasteiger partial charge in [-0.15, -0.1) is 13.2 Å². The van der Waals surface area contributed by atoms with Crippen LogP contribution in [0.25, 0.3) is 0 Å². The predicted octanol–water partition coefficient (Wildman–Crippen LogP) is 4.05. The maximum Gasteiger partial charge on any atom is 0.0570 e. The molecule has 0 saturated heterocycles. The molecule has 3 N–H and O–H groups in total. The lowest BCUT2D eigenvalue weighted by molar-refractivity contribution is 0.437. The molecule has 0 aromatic heterocycles. The average molecular weight is 305 g/mol. The first-order valence-corrected chi connectivity index (χ1v) is 7.57. The van der Waals surface area contributed by atoms with Crippen molar-refractivity contribution in [1.29, 1.82) is 0 Å². The highest BCUT2D eigenvalue weighted by Crippen LogP contribution is 2.23. The summed E-state index contributed by atoms with van der Waals surface area (Å²) in [5.74, 6) is 0. The molecule has 4 heteroatoms. The monoisotopic (exact) mass is 304 g/mol. The molecule has 0 aliphatic rings. The lowest BCUT2D eigenvalue weighted by Gasteiger charge is -2.29. The Morgan fingerprint density at radius 3 is 2.15 bits per heavy atom. The minimum atomic E-state index is 0. The molecule has 0 bridgehead atoms. The number of hydrogen-bond donors (Lipinski definition) is 1. The molecule has 0 amide bonds. The third-order valence-electron chi connectivity index (χ3n) is 2.25. The van der Waals surface area contributed by atoms with Gasteiger partial charge in [-0.25, -0.2) is 0 Å². The van der Waals surface area contributed by atoms with Gasteiger partial charge in [-0.3, -0.25) is 4.72 Å². The Kier molecular flexibility index (Phi) is 16.1. The van der Waals surface area contributed by atoms with Crippen molar-refractivity contribution < 1.29 is 6.90 Å². The van der Waals surface area contributed by atoms with Crippen LogP contribution in [-0.2, 0) is 0 Å². The molecule has 0 radical (unpaired) electrons. The van der Waals surface area contributed by atoms with E-state index in [1.54, 1.807) is 11.9 Å². The topological polar surface area (TPSA) is 46.8 Å². The summed E-state index contributed by atoms with van der Waals surface area (Å²) in [5, 5.41) is 0. The maximum atomic E-state index is 3.80. The van der Waals surface area contributed by atoms with Crippen LogP contribution in [0.5, 0.6) is 0 Å². The molecule has 0 aromatic rings. The van der Waals surface area contributed by atoms with Crippen LogP contribution in [0, 0.1) is 0 Å². The van der Waals surface area contributed by atoms with Crippen LogP contribution in [0.15, 0.2) is 37.6 Å². The van der Waals surface area contributed by atoms with Gasteiger partial charge in [-0.2, -0.15) is 0 Å². The molecule has 3 nitrogen and oxygen atoms in total. The van der Waals surface area contributed by atoms with Crippen LogP contribution in [-0.4, -0.2) is 35.3 Å². The van der Waals surface area contributed by atoms with Gasteiger partial charge in [0.15, 0.2) is 0 Å². The van der Waals surface area contributed by atoms with Crippen LogP contribution in [0.3, 0.4) is 0 Å². The zero-order chi connectivity index (χ0) is 15.5.